The number of carbonyl (C=O) groups is 1. The van der Waals surface area contributed by atoms with Gasteiger partial charge >= 0.3 is 0 Å². The molecule has 3 aromatic rings. The minimum absolute atomic E-state index is 0.0340. The Morgan fingerprint density at radius 3 is 2.76 bits per heavy atom. The van der Waals surface area contributed by atoms with Gasteiger partial charge in [-0.25, -0.2) is 0 Å². The summed E-state index contributed by atoms with van der Waals surface area (Å²) in [4.78, 5) is 14.6. The maximum absolute atomic E-state index is 12.4. The van der Waals surface area contributed by atoms with E-state index in [1.54, 1.807) is 6.08 Å². The Hall–Kier alpha value is -3.46. The predicted molar refractivity (Wildman–Crippen MR) is 134 cm³/mol. The molecule has 34 heavy (non-hydrogen) atoms. The van der Waals surface area contributed by atoms with Crippen LogP contribution in [0.3, 0.4) is 0 Å². The van der Waals surface area contributed by atoms with Gasteiger partial charge in [0.1, 0.15) is 6.61 Å². The lowest BCUT2D eigenvalue weighted by molar-refractivity contribution is -0.118. The molecule has 8 nitrogen and oxygen atoms in total. The van der Waals surface area contributed by atoms with Crippen LogP contribution in [0.1, 0.15) is 18.3 Å². The van der Waals surface area contributed by atoms with Crippen LogP contribution in [0.2, 0.25) is 0 Å². The third-order valence-electron chi connectivity index (χ3n) is 5.38. The minimum Gasteiger partial charge on any atom is -0.485 e. The SMILES string of the molecule is C=CCn1c(SCC(=O)NCCCN(C)c2ccccc2)nnc1[C@@H]1COc2ccccc2O1. The van der Waals surface area contributed by atoms with E-state index in [1.165, 1.54) is 11.8 Å². The van der Waals surface area contributed by atoms with Crippen molar-refractivity contribution in [3.8, 4) is 11.5 Å². The molecule has 0 bridgehead atoms. The van der Waals surface area contributed by atoms with E-state index in [4.69, 9.17) is 9.47 Å². The van der Waals surface area contributed by atoms with Crippen LogP contribution in [0.25, 0.3) is 0 Å². The van der Waals surface area contributed by atoms with E-state index in [1.807, 2.05) is 47.0 Å². The molecule has 0 saturated carbocycles. The zero-order valence-corrected chi connectivity index (χ0v) is 20.0. The van der Waals surface area contributed by atoms with Gasteiger partial charge in [-0.3, -0.25) is 9.36 Å². The highest BCUT2D eigenvalue weighted by Crippen LogP contribution is 2.36. The van der Waals surface area contributed by atoms with Crippen molar-refractivity contribution in [2.75, 3.05) is 37.4 Å². The molecule has 1 amide bonds. The number of carbonyl (C=O) groups excluding carboxylic acids is 1. The highest BCUT2D eigenvalue weighted by atomic mass is 32.2. The second kappa shape index (κ2) is 11.6. The van der Waals surface area contributed by atoms with Crippen LogP contribution in [0.5, 0.6) is 11.5 Å². The molecule has 4 rings (SSSR count). The summed E-state index contributed by atoms with van der Waals surface area (Å²) in [5.41, 5.74) is 1.16. The van der Waals surface area contributed by atoms with Crippen molar-refractivity contribution >= 4 is 23.4 Å². The Balaban J connectivity index is 1.27. The number of anilines is 1. The summed E-state index contributed by atoms with van der Waals surface area (Å²) in [5, 5.41) is 12.3. The molecule has 0 aliphatic carbocycles. The van der Waals surface area contributed by atoms with E-state index in [0.717, 1.165) is 24.4 Å². The molecule has 0 saturated heterocycles. The first-order valence-corrected chi connectivity index (χ1v) is 12.2. The fourth-order valence-electron chi connectivity index (χ4n) is 3.63. The van der Waals surface area contributed by atoms with Crippen molar-refractivity contribution in [2.24, 2.45) is 0 Å². The first kappa shape index (κ1) is 23.7. The number of hydrogen-bond donors (Lipinski definition) is 1. The first-order chi connectivity index (χ1) is 16.7. The Morgan fingerprint density at radius 1 is 1.21 bits per heavy atom. The van der Waals surface area contributed by atoms with Crippen LogP contribution in [0.15, 0.2) is 72.4 Å². The molecule has 1 aromatic heterocycles. The van der Waals surface area contributed by atoms with Gasteiger partial charge < -0.3 is 19.7 Å². The fourth-order valence-corrected chi connectivity index (χ4v) is 4.41. The molecular weight excluding hydrogens is 450 g/mol. The lowest BCUT2D eigenvalue weighted by atomic mass is 10.2. The molecule has 9 heteroatoms. The number of fused-ring (bicyclic) bond motifs is 1. The summed E-state index contributed by atoms with van der Waals surface area (Å²) in [6.45, 7) is 6.18. The highest BCUT2D eigenvalue weighted by Gasteiger charge is 2.28. The molecule has 1 N–H and O–H groups in total. The van der Waals surface area contributed by atoms with E-state index in [2.05, 4.69) is 46.2 Å². The number of benzene rings is 2. The van der Waals surface area contributed by atoms with Gasteiger partial charge in [-0.2, -0.15) is 0 Å². The van der Waals surface area contributed by atoms with Crippen LogP contribution >= 0.6 is 11.8 Å². The largest absolute Gasteiger partial charge is 0.485 e. The van der Waals surface area contributed by atoms with Gasteiger partial charge in [-0.1, -0.05) is 48.2 Å². The van der Waals surface area contributed by atoms with E-state index in [0.29, 0.717) is 36.4 Å². The minimum atomic E-state index is -0.382. The average Bonchev–Trinajstić information content (AvgIpc) is 3.28. The maximum Gasteiger partial charge on any atom is 0.230 e. The Bertz CT molecular complexity index is 1100. The number of ether oxygens (including phenoxy) is 2. The number of hydrogen-bond acceptors (Lipinski definition) is 7. The molecular formula is C25H29N5O3S. The van der Waals surface area contributed by atoms with Crippen molar-refractivity contribution in [1.29, 1.82) is 0 Å². The molecule has 2 heterocycles. The standard InChI is InChI=1S/C25H29N5O3S/c1-3-15-30-24(22-17-32-20-12-7-8-13-21(20)33-22)27-28-25(30)34-18-23(31)26-14-9-16-29(2)19-10-5-4-6-11-19/h3-8,10-13,22H,1,9,14-18H2,2H3,(H,26,31)/t22-/m0/s1. The van der Waals surface area contributed by atoms with Crippen LogP contribution in [-0.2, 0) is 11.3 Å². The second-order valence-electron chi connectivity index (χ2n) is 7.85. The predicted octanol–water partition coefficient (Wildman–Crippen LogP) is 3.71. The molecule has 2 aromatic carbocycles. The summed E-state index contributed by atoms with van der Waals surface area (Å²) in [5.74, 6) is 2.27. The topological polar surface area (TPSA) is 81.5 Å². The van der Waals surface area contributed by atoms with E-state index < -0.39 is 0 Å². The molecule has 0 radical (unpaired) electrons. The number of allylic oxidation sites excluding steroid dienone is 1. The maximum atomic E-state index is 12.4. The van der Waals surface area contributed by atoms with Gasteiger partial charge in [-0.15, -0.1) is 16.8 Å². The molecule has 0 fully saturated rings. The summed E-state index contributed by atoms with van der Waals surface area (Å²) < 4.78 is 13.8. The lowest BCUT2D eigenvalue weighted by Crippen LogP contribution is -2.29. The Morgan fingerprint density at radius 2 is 1.97 bits per heavy atom. The summed E-state index contributed by atoms with van der Waals surface area (Å²) in [6.07, 6.45) is 2.25. The van der Waals surface area contributed by atoms with Gasteiger partial charge in [0.15, 0.2) is 28.6 Å². The number of nitrogens with zero attached hydrogens (tertiary/aromatic N) is 4. The van der Waals surface area contributed by atoms with Crippen LogP contribution in [0.4, 0.5) is 5.69 Å². The molecule has 1 aliphatic heterocycles. The summed E-state index contributed by atoms with van der Waals surface area (Å²) in [6, 6.07) is 17.7. The molecule has 0 unspecified atom stereocenters. The quantitative estimate of drug-likeness (QED) is 0.255. The Kier molecular flexibility index (Phi) is 8.08. The molecule has 0 spiro atoms. The number of para-hydroxylation sites is 3. The second-order valence-corrected chi connectivity index (χ2v) is 8.80. The average molecular weight is 480 g/mol. The highest BCUT2D eigenvalue weighted by molar-refractivity contribution is 7.99. The van der Waals surface area contributed by atoms with Crippen LogP contribution in [-0.4, -0.2) is 53.2 Å². The zero-order chi connectivity index (χ0) is 23.8. The monoisotopic (exact) mass is 479 g/mol. The van der Waals surface area contributed by atoms with Crippen molar-refractivity contribution < 1.29 is 14.3 Å². The normalized spacial score (nSPS) is 14.4. The van der Waals surface area contributed by atoms with E-state index in [-0.39, 0.29) is 17.8 Å². The molecule has 1 aliphatic rings. The van der Waals surface area contributed by atoms with Crippen molar-refractivity contribution in [2.45, 2.75) is 24.2 Å². The number of thioether (sulfide) groups is 1. The number of aromatic nitrogens is 3. The zero-order valence-electron chi connectivity index (χ0n) is 19.2. The number of rotatable bonds is 11. The van der Waals surface area contributed by atoms with Crippen molar-refractivity contribution in [3.05, 3.63) is 73.1 Å². The summed E-state index contributed by atoms with van der Waals surface area (Å²) >= 11 is 1.35. The van der Waals surface area contributed by atoms with Crippen molar-refractivity contribution in [3.63, 3.8) is 0 Å². The lowest BCUT2D eigenvalue weighted by Gasteiger charge is -2.26. The molecule has 1 atom stereocenters. The first-order valence-electron chi connectivity index (χ1n) is 11.2. The van der Waals surface area contributed by atoms with E-state index >= 15 is 0 Å². The van der Waals surface area contributed by atoms with Gasteiger partial charge in [0.2, 0.25) is 5.91 Å². The third-order valence-corrected chi connectivity index (χ3v) is 6.34. The fraction of sp³-hybridized carbons (Fsp3) is 0.320. The van der Waals surface area contributed by atoms with Crippen molar-refractivity contribution in [1.82, 2.24) is 20.1 Å². The smallest absolute Gasteiger partial charge is 0.230 e. The number of nitrogens with one attached hydrogen (secondary N) is 1. The van der Waals surface area contributed by atoms with Gasteiger partial charge in [-0.05, 0) is 30.7 Å². The van der Waals surface area contributed by atoms with Gasteiger partial charge in [0.25, 0.3) is 0 Å². The Labute approximate surface area is 204 Å². The van der Waals surface area contributed by atoms with Crippen LogP contribution in [0, 0.1) is 0 Å². The third kappa shape index (κ3) is 5.91. The van der Waals surface area contributed by atoms with Gasteiger partial charge in [0.05, 0.1) is 5.75 Å². The number of amides is 1. The summed E-state index contributed by atoms with van der Waals surface area (Å²) in [7, 11) is 2.05. The molecule has 178 valence electrons. The van der Waals surface area contributed by atoms with Gasteiger partial charge in [0, 0.05) is 32.4 Å². The van der Waals surface area contributed by atoms with Crippen LogP contribution < -0.4 is 19.7 Å². The van der Waals surface area contributed by atoms with E-state index in [9.17, 15) is 4.79 Å².